The summed E-state index contributed by atoms with van der Waals surface area (Å²) in [6, 6.07) is 12.5. The number of nitrogens with one attached hydrogen (secondary N) is 1. The van der Waals surface area contributed by atoms with E-state index in [1.54, 1.807) is 31.3 Å². The lowest BCUT2D eigenvalue weighted by molar-refractivity contribution is -0.141. The van der Waals surface area contributed by atoms with Crippen molar-refractivity contribution in [3.63, 3.8) is 0 Å². The molecular formula is C26H35ClN2O4. The second-order valence-electron chi connectivity index (χ2n) is 7.91. The maximum Gasteiger partial charge on any atom is 0.242 e. The Labute approximate surface area is 202 Å². The third kappa shape index (κ3) is 7.97. The number of benzene rings is 2. The molecule has 2 amide bonds. The lowest BCUT2D eigenvalue weighted by atomic mass is 10.1. The molecule has 0 bridgehead atoms. The van der Waals surface area contributed by atoms with Crippen LogP contribution in [0.4, 0.5) is 0 Å². The Hall–Kier alpha value is -2.73. The zero-order valence-corrected chi connectivity index (χ0v) is 20.8. The monoisotopic (exact) mass is 474 g/mol. The van der Waals surface area contributed by atoms with Crippen molar-refractivity contribution in [2.75, 3.05) is 20.8 Å². The molecule has 180 valence electrons. The number of carbonyl (C=O) groups excluding carboxylic acids is 2. The highest BCUT2D eigenvalue weighted by atomic mass is 35.5. The summed E-state index contributed by atoms with van der Waals surface area (Å²) in [4.78, 5) is 28.0. The van der Waals surface area contributed by atoms with E-state index in [1.807, 2.05) is 37.3 Å². The van der Waals surface area contributed by atoms with Gasteiger partial charge in [0.2, 0.25) is 11.8 Å². The van der Waals surface area contributed by atoms with Gasteiger partial charge < -0.3 is 19.7 Å². The molecule has 0 spiro atoms. The van der Waals surface area contributed by atoms with Gasteiger partial charge >= 0.3 is 0 Å². The van der Waals surface area contributed by atoms with E-state index >= 15 is 0 Å². The van der Waals surface area contributed by atoms with Gasteiger partial charge in [0.05, 0.1) is 14.2 Å². The maximum absolute atomic E-state index is 13.4. The van der Waals surface area contributed by atoms with Gasteiger partial charge in [-0.05, 0) is 54.7 Å². The second kappa shape index (κ2) is 13.7. The van der Waals surface area contributed by atoms with Gasteiger partial charge in [-0.3, -0.25) is 9.59 Å². The summed E-state index contributed by atoms with van der Waals surface area (Å²) in [6.45, 7) is 4.97. The minimum absolute atomic E-state index is 0.0720. The fourth-order valence-electron chi connectivity index (χ4n) is 3.64. The van der Waals surface area contributed by atoms with Crippen LogP contribution in [-0.4, -0.2) is 43.5 Å². The van der Waals surface area contributed by atoms with Gasteiger partial charge in [0, 0.05) is 24.5 Å². The minimum Gasteiger partial charge on any atom is -0.493 e. The number of ether oxygens (including phenoxy) is 2. The molecule has 0 radical (unpaired) electrons. The van der Waals surface area contributed by atoms with Crippen molar-refractivity contribution in [1.82, 2.24) is 10.2 Å². The van der Waals surface area contributed by atoms with E-state index in [0.717, 1.165) is 24.0 Å². The van der Waals surface area contributed by atoms with E-state index in [0.29, 0.717) is 42.5 Å². The van der Waals surface area contributed by atoms with E-state index in [2.05, 4.69) is 12.2 Å². The first-order valence-corrected chi connectivity index (χ1v) is 11.8. The Morgan fingerprint density at radius 3 is 2.27 bits per heavy atom. The fraction of sp³-hybridized carbons (Fsp3) is 0.462. The molecule has 33 heavy (non-hydrogen) atoms. The number of hydrogen-bond acceptors (Lipinski definition) is 4. The van der Waals surface area contributed by atoms with Crippen LogP contribution in [0.15, 0.2) is 42.5 Å². The maximum atomic E-state index is 13.4. The summed E-state index contributed by atoms with van der Waals surface area (Å²) in [6.07, 6.45) is 3.25. The van der Waals surface area contributed by atoms with E-state index in [9.17, 15) is 9.59 Å². The molecule has 0 aliphatic carbocycles. The summed E-state index contributed by atoms with van der Waals surface area (Å²) < 4.78 is 10.7. The molecule has 0 aliphatic heterocycles. The number of methoxy groups -OCH3 is 2. The number of carbonyl (C=O) groups is 2. The molecule has 2 aromatic rings. The van der Waals surface area contributed by atoms with Gasteiger partial charge in [0.15, 0.2) is 11.5 Å². The highest BCUT2D eigenvalue weighted by Crippen LogP contribution is 2.28. The molecule has 1 atom stereocenters. The SMILES string of the molecule is CCCCNC(=O)[C@@H](CC)N(Cc1ccc(Cl)cc1)C(=O)CCc1ccc(OC)c(OC)c1. The summed E-state index contributed by atoms with van der Waals surface area (Å²) in [5.41, 5.74) is 1.89. The Bertz CT molecular complexity index is 902. The topological polar surface area (TPSA) is 67.9 Å². The van der Waals surface area contributed by atoms with Crippen LogP contribution in [0.2, 0.25) is 5.02 Å². The number of aryl methyl sites for hydroxylation is 1. The van der Waals surface area contributed by atoms with Crippen molar-refractivity contribution in [2.45, 2.75) is 58.5 Å². The molecule has 1 N–H and O–H groups in total. The number of rotatable bonds is 13. The van der Waals surface area contributed by atoms with Crippen LogP contribution in [-0.2, 0) is 22.6 Å². The minimum atomic E-state index is -0.532. The highest BCUT2D eigenvalue weighted by molar-refractivity contribution is 6.30. The van der Waals surface area contributed by atoms with Crippen molar-refractivity contribution in [1.29, 1.82) is 0 Å². The van der Waals surface area contributed by atoms with E-state index < -0.39 is 6.04 Å². The highest BCUT2D eigenvalue weighted by Gasteiger charge is 2.28. The lowest BCUT2D eigenvalue weighted by Gasteiger charge is -2.31. The average molecular weight is 475 g/mol. The van der Waals surface area contributed by atoms with Crippen molar-refractivity contribution in [3.05, 3.63) is 58.6 Å². The molecule has 2 aromatic carbocycles. The largest absolute Gasteiger partial charge is 0.493 e. The number of hydrogen-bond donors (Lipinski definition) is 1. The van der Waals surface area contributed by atoms with Crippen molar-refractivity contribution >= 4 is 23.4 Å². The summed E-state index contributed by atoms with van der Waals surface area (Å²) in [7, 11) is 3.18. The molecule has 0 aromatic heterocycles. The third-order valence-electron chi connectivity index (χ3n) is 5.56. The number of unbranched alkanes of at least 4 members (excludes halogenated alkanes) is 1. The van der Waals surface area contributed by atoms with E-state index in [4.69, 9.17) is 21.1 Å². The Morgan fingerprint density at radius 1 is 1.00 bits per heavy atom. The number of amides is 2. The van der Waals surface area contributed by atoms with Crippen molar-refractivity contribution in [3.8, 4) is 11.5 Å². The van der Waals surface area contributed by atoms with Crippen LogP contribution in [0.1, 0.15) is 50.7 Å². The van der Waals surface area contributed by atoms with Crippen LogP contribution in [0.3, 0.4) is 0 Å². The smallest absolute Gasteiger partial charge is 0.242 e. The first kappa shape index (κ1) is 26.5. The summed E-state index contributed by atoms with van der Waals surface area (Å²) in [5.74, 6) is 1.09. The molecule has 0 fully saturated rings. The van der Waals surface area contributed by atoms with Crippen LogP contribution in [0.5, 0.6) is 11.5 Å². The molecule has 0 saturated carbocycles. The average Bonchev–Trinajstić information content (AvgIpc) is 2.83. The third-order valence-corrected chi connectivity index (χ3v) is 5.81. The van der Waals surface area contributed by atoms with Crippen LogP contribution >= 0.6 is 11.6 Å². The first-order valence-electron chi connectivity index (χ1n) is 11.5. The predicted octanol–water partition coefficient (Wildman–Crippen LogP) is 5.01. The Kier molecular flexibility index (Phi) is 11.0. The molecular weight excluding hydrogens is 440 g/mol. The van der Waals surface area contributed by atoms with Crippen LogP contribution in [0.25, 0.3) is 0 Å². The molecule has 0 saturated heterocycles. The fourth-order valence-corrected chi connectivity index (χ4v) is 3.77. The normalized spacial score (nSPS) is 11.5. The van der Waals surface area contributed by atoms with E-state index in [1.165, 1.54) is 0 Å². The summed E-state index contributed by atoms with van der Waals surface area (Å²) in [5, 5.41) is 3.62. The molecule has 0 heterocycles. The molecule has 0 aliphatic rings. The van der Waals surface area contributed by atoms with Gasteiger partial charge in [-0.1, -0.05) is 50.1 Å². The lowest BCUT2D eigenvalue weighted by Crippen LogP contribution is -2.49. The number of nitrogens with zero attached hydrogens (tertiary/aromatic N) is 1. The molecule has 2 rings (SSSR count). The van der Waals surface area contributed by atoms with Crippen molar-refractivity contribution < 1.29 is 19.1 Å². The quantitative estimate of drug-likeness (QED) is 0.414. The number of halogens is 1. The predicted molar refractivity (Wildman–Crippen MR) is 132 cm³/mol. The van der Waals surface area contributed by atoms with Gasteiger partial charge in [-0.15, -0.1) is 0 Å². The van der Waals surface area contributed by atoms with E-state index in [-0.39, 0.29) is 18.2 Å². The summed E-state index contributed by atoms with van der Waals surface area (Å²) >= 11 is 6.02. The van der Waals surface area contributed by atoms with Gasteiger partial charge in [-0.2, -0.15) is 0 Å². The zero-order valence-electron chi connectivity index (χ0n) is 20.0. The first-order chi connectivity index (χ1) is 15.9. The zero-order chi connectivity index (χ0) is 24.2. The molecule has 0 unspecified atom stereocenters. The Balaban J connectivity index is 2.19. The molecule has 7 heteroatoms. The van der Waals surface area contributed by atoms with Gasteiger partial charge in [-0.25, -0.2) is 0 Å². The van der Waals surface area contributed by atoms with Gasteiger partial charge in [0.25, 0.3) is 0 Å². The van der Waals surface area contributed by atoms with Crippen LogP contribution in [0, 0.1) is 0 Å². The Morgan fingerprint density at radius 2 is 1.67 bits per heavy atom. The van der Waals surface area contributed by atoms with Crippen LogP contribution < -0.4 is 14.8 Å². The second-order valence-corrected chi connectivity index (χ2v) is 8.34. The van der Waals surface area contributed by atoms with Crippen molar-refractivity contribution in [2.24, 2.45) is 0 Å². The standard InChI is InChI=1S/C26H35ClN2O4/c1-5-7-16-28-26(31)22(6-2)29(18-20-8-12-21(27)13-9-20)25(30)15-11-19-10-14-23(32-3)24(17-19)33-4/h8-10,12-14,17,22H,5-7,11,15-16,18H2,1-4H3,(H,28,31)/t22-/m1/s1. The molecule has 6 nitrogen and oxygen atoms in total. The van der Waals surface area contributed by atoms with Gasteiger partial charge in [0.1, 0.15) is 6.04 Å².